The number of ketones is 1. The highest BCUT2D eigenvalue weighted by Crippen LogP contribution is 2.12. The second-order valence-corrected chi connectivity index (χ2v) is 4.15. The minimum atomic E-state index is 0.286. The van der Waals surface area contributed by atoms with E-state index >= 15 is 0 Å². The van der Waals surface area contributed by atoms with Crippen molar-refractivity contribution in [2.75, 3.05) is 14.1 Å². The lowest BCUT2D eigenvalue weighted by Crippen LogP contribution is -2.31. The summed E-state index contributed by atoms with van der Waals surface area (Å²) in [5.41, 5.74) is 0. The van der Waals surface area contributed by atoms with Crippen LogP contribution in [0, 0.1) is 5.92 Å². The van der Waals surface area contributed by atoms with Crippen molar-refractivity contribution in [1.29, 1.82) is 0 Å². The Morgan fingerprint density at radius 1 is 1.33 bits per heavy atom. The number of Topliss-reactive ketones (excluding diaryl/α,β-unsaturated/α-hetero) is 1. The topological polar surface area (TPSA) is 20.3 Å². The van der Waals surface area contributed by atoms with Crippen LogP contribution in [0.25, 0.3) is 0 Å². The van der Waals surface area contributed by atoms with Gasteiger partial charge in [-0.05, 0) is 33.4 Å². The maximum absolute atomic E-state index is 10.9. The summed E-state index contributed by atoms with van der Waals surface area (Å²) in [5.74, 6) is 0.950. The van der Waals surface area contributed by atoms with Gasteiger partial charge in [-0.2, -0.15) is 0 Å². The van der Waals surface area contributed by atoms with Gasteiger partial charge in [-0.15, -0.1) is 0 Å². The fourth-order valence-corrected chi connectivity index (χ4v) is 1.35. The van der Waals surface area contributed by atoms with Gasteiger partial charge in [0.15, 0.2) is 0 Å². The van der Waals surface area contributed by atoms with Gasteiger partial charge in [-0.25, -0.2) is 0 Å². The summed E-state index contributed by atoms with van der Waals surface area (Å²) >= 11 is 0. The predicted octanol–water partition coefficient (Wildman–Crippen LogP) is 1.94. The molecule has 0 radical (unpaired) electrons. The molecule has 0 amide bonds. The van der Waals surface area contributed by atoms with Crippen LogP contribution in [-0.4, -0.2) is 30.8 Å². The van der Waals surface area contributed by atoms with Crippen molar-refractivity contribution in [1.82, 2.24) is 4.90 Å². The summed E-state index contributed by atoms with van der Waals surface area (Å²) in [7, 11) is 4.08. The minimum Gasteiger partial charge on any atom is -0.306 e. The molecule has 0 saturated carbocycles. The Kier molecular flexibility index (Phi) is 5.14. The van der Waals surface area contributed by atoms with Crippen molar-refractivity contribution in [2.24, 2.45) is 5.92 Å². The third kappa shape index (κ3) is 5.30. The zero-order valence-electron chi connectivity index (χ0n) is 8.92. The molecule has 0 aromatic heterocycles. The normalized spacial score (nSPS) is 13.9. The van der Waals surface area contributed by atoms with Crippen LogP contribution in [-0.2, 0) is 4.79 Å². The predicted molar refractivity (Wildman–Crippen MR) is 52.2 cm³/mol. The highest BCUT2D eigenvalue weighted by molar-refractivity contribution is 5.76. The van der Waals surface area contributed by atoms with Gasteiger partial charge in [-0.1, -0.05) is 13.8 Å². The van der Waals surface area contributed by atoms with Crippen molar-refractivity contribution in [3.05, 3.63) is 0 Å². The van der Waals surface area contributed by atoms with Gasteiger partial charge in [0.1, 0.15) is 5.78 Å². The maximum Gasteiger partial charge on any atom is 0.131 e. The number of hydrogen-bond acceptors (Lipinski definition) is 2. The molecule has 1 atom stereocenters. The summed E-state index contributed by atoms with van der Waals surface area (Å²) in [6.45, 7) is 6.05. The largest absolute Gasteiger partial charge is 0.306 e. The van der Waals surface area contributed by atoms with Crippen LogP contribution in [0.4, 0.5) is 0 Å². The Morgan fingerprint density at radius 2 is 1.83 bits per heavy atom. The standard InChI is InChI=1S/C10H21NO/c1-8(2)6-10(11(4)5)7-9(3)12/h8,10H,6-7H2,1-5H3. The van der Waals surface area contributed by atoms with E-state index in [1.165, 1.54) is 0 Å². The maximum atomic E-state index is 10.9. The molecule has 0 heterocycles. The molecule has 0 aromatic rings. The van der Waals surface area contributed by atoms with E-state index in [0.717, 1.165) is 6.42 Å². The van der Waals surface area contributed by atoms with Crippen molar-refractivity contribution in [3.8, 4) is 0 Å². The second-order valence-electron chi connectivity index (χ2n) is 4.15. The highest BCUT2D eigenvalue weighted by Gasteiger charge is 2.14. The third-order valence-corrected chi connectivity index (χ3v) is 2.00. The van der Waals surface area contributed by atoms with E-state index in [9.17, 15) is 4.79 Å². The van der Waals surface area contributed by atoms with E-state index in [4.69, 9.17) is 0 Å². The number of carbonyl (C=O) groups excluding carboxylic acids is 1. The first-order chi connectivity index (χ1) is 5.43. The van der Waals surface area contributed by atoms with Gasteiger partial charge >= 0.3 is 0 Å². The first-order valence-corrected chi connectivity index (χ1v) is 4.59. The molecule has 0 spiro atoms. The molecular weight excluding hydrogens is 150 g/mol. The fraction of sp³-hybridized carbons (Fsp3) is 0.900. The molecule has 72 valence electrons. The smallest absolute Gasteiger partial charge is 0.131 e. The fourth-order valence-electron chi connectivity index (χ4n) is 1.35. The van der Waals surface area contributed by atoms with Crippen LogP contribution in [0.15, 0.2) is 0 Å². The van der Waals surface area contributed by atoms with E-state index < -0.39 is 0 Å². The zero-order valence-corrected chi connectivity index (χ0v) is 8.92. The van der Waals surface area contributed by atoms with Crippen LogP contribution < -0.4 is 0 Å². The first kappa shape index (κ1) is 11.6. The number of carbonyl (C=O) groups is 1. The van der Waals surface area contributed by atoms with Gasteiger partial charge in [0, 0.05) is 12.5 Å². The summed E-state index contributed by atoms with van der Waals surface area (Å²) in [6, 6.07) is 0.419. The molecule has 2 nitrogen and oxygen atoms in total. The van der Waals surface area contributed by atoms with Crippen molar-refractivity contribution >= 4 is 5.78 Å². The Labute approximate surface area is 75.9 Å². The quantitative estimate of drug-likeness (QED) is 0.630. The molecule has 1 unspecified atom stereocenters. The average Bonchev–Trinajstić information content (AvgIpc) is 1.83. The van der Waals surface area contributed by atoms with Crippen LogP contribution in [0.1, 0.15) is 33.6 Å². The molecule has 0 aliphatic rings. The summed E-state index contributed by atoms with van der Waals surface area (Å²) < 4.78 is 0. The molecule has 0 aliphatic heterocycles. The summed E-state index contributed by atoms with van der Waals surface area (Å²) in [5, 5.41) is 0. The lowest BCUT2D eigenvalue weighted by molar-refractivity contribution is -0.118. The zero-order chi connectivity index (χ0) is 9.72. The van der Waals surface area contributed by atoms with Gasteiger partial charge in [0.25, 0.3) is 0 Å². The summed E-state index contributed by atoms with van der Waals surface area (Å²) in [6.07, 6.45) is 1.79. The third-order valence-electron chi connectivity index (χ3n) is 2.00. The molecule has 0 aliphatic carbocycles. The SMILES string of the molecule is CC(=O)CC(CC(C)C)N(C)C. The van der Waals surface area contributed by atoms with Gasteiger partial charge in [0.2, 0.25) is 0 Å². The molecule has 0 fully saturated rings. The van der Waals surface area contributed by atoms with E-state index in [-0.39, 0.29) is 5.78 Å². The molecule has 0 aromatic carbocycles. The molecule has 2 heteroatoms. The Hall–Kier alpha value is -0.370. The molecule has 0 rings (SSSR count). The van der Waals surface area contributed by atoms with Gasteiger partial charge in [-0.3, -0.25) is 4.79 Å². The van der Waals surface area contributed by atoms with E-state index in [2.05, 4.69) is 18.7 Å². The molecule has 0 bridgehead atoms. The lowest BCUT2D eigenvalue weighted by Gasteiger charge is -2.24. The van der Waals surface area contributed by atoms with E-state index in [1.54, 1.807) is 6.92 Å². The monoisotopic (exact) mass is 171 g/mol. The Bertz CT molecular complexity index is 141. The molecular formula is C10H21NO. The Balaban J connectivity index is 3.95. The number of nitrogens with zero attached hydrogens (tertiary/aromatic N) is 1. The lowest BCUT2D eigenvalue weighted by atomic mass is 9.99. The van der Waals surface area contributed by atoms with E-state index in [0.29, 0.717) is 18.4 Å². The van der Waals surface area contributed by atoms with E-state index in [1.807, 2.05) is 14.1 Å². The molecule has 0 saturated heterocycles. The second kappa shape index (κ2) is 5.31. The van der Waals surface area contributed by atoms with Crippen LogP contribution in [0.3, 0.4) is 0 Å². The van der Waals surface area contributed by atoms with Crippen molar-refractivity contribution in [2.45, 2.75) is 39.7 Å². The minimum absolute atomic E-state index is 0.286. The molecule has 12 heavy (non-hydrogen) atoms. The average molecular weight is 171 g/mol. The Morgan fingerprint density at radius 3 is 2.08 bits per heavy atom. The van der Waals surface area contributed by atoms with Crippen LogP contribution in [0.5, 0.6) is 0 Å². The van der Waals surface area contributed by atoms with Crippen LogP contribution in [0.2, 0.25) is 0 Å². The highest BCUT2D eigenvalue weighted by atomic mass is 16.1. The number of rotatable bonds is 5. The van der Waals surface area contributed by atoms with Gasteiger partial charge < -0.3 is 4.90 Å². The summed E-state index contributed by atoms with van der Waals surface area (Å²) in [4.78, 5) is 13.1. The number of hydrogen-bond donors (Lipinski definition) is 0. The van der Waals surface area contributed by atoms with Crippen molar-refractivity contribution < 1.29 is 4.79 Å². The molecule has 0 N–H and O–H groups in total. The van der Waals surface area contributed by atoms with Crippen molar-refractivity contribution in [3.63, 3.8) is 0 Å². The van der Waals surface area contributed by atoms with Crippen LogP contribution >= 0.6 is 0 Å². The van der Waals surface area contributed by atoms with Gasteiger partial charge in [0.05, 0.1) is 0 Å². The first-order valence-electron chi connectivity index (χ1n) is 4.59.